The molecule has 0 amide bonds. The molecule has 0 aliphatic carbocycles. The minimum Gasteiger partial charge on any atom is -0.508 e. The molecule has 2 aromatic carbocycles. The summed E-state index contributed by atoms with van der Waals surface area (Å²) < 4.78 is 0. The molecule has 92 valence electrons. The predicted molar refractivity (Wildman–Crippen MR) is 73.2 cm³/mol. The van der Waals surface area contributed by atoms with E-state index < -0.39 is 0 Å². The van der Waals surface area contributed by atoms with Crippen LogP contribution in [-0.2, 0) is 0 Å². The molecule has 18 heavy (non-hydrogen) atoms. The van der Waals surface area contributed by atoms with E-state index in [0.717, 1.165) is 27.4 Å². The number of phenols is 2. The number of aromatic nitrogens is 1. The Labute approximate surface area is 105 Å². The number of H-pyrrole nitrogens is 1. The number of nitrogens with one attached hydrogen (secondary N) is 1. The molecule has 0 radical (unpaired) electrons. The SMILES string of the molecule is CC(C)c1cc(O)cc2c1[nH]c1c(O)cccc12. The number of phenolic OH excluding ortho intramolecular Hbond substituents is 2. The van der Waals surface area contributed by atoms with E-state index in [0.29, 0.717) is 5.92 Å². The minimum absolute atomic E-state index is 0.234. The highest BCUT2D eigenvalue weighted by Crippen LogP contribution is 2.36. The average Bonchev–Trinajstić information content (AvgIpc) is 2.68. The molecular formula is C15H15NO2. The van der Waals surface area contributed by atoms with Gasteiger partial charge in [0.1, 0.15) is 11.5 Å². The van der Waals surface area contributed by atoms with Crippen molar-refractivity contribution in [3.8, 4) is 11.5 Å². The van der Waals surface area contributed by atoms with Crippen LogP contribution in [0.3, 0.4) is 0 Å². The Morgan fingerprint density at radius 3 is 2.50 bits per heavy atom. The zero-order valence-electron chi connectivity index (χ0n) is 10.4. The number of hydrogen-bond acceptors (Lipinski definition) is 2. The van der Waals surface area contributed by atoms with Gasteiger partial charge in [-0.1, -0.05) is 26.0 Å². The van der Waals surface area contributed by atoms with E-state index in [-0.39, 0.29) is 11.5 Å². The first-order valence-corrected chi connectivity index (χ1v) is 6.04. The lowest BCUT2D eigenvalue weighted by Gasteiger charge is -2.07. The normalized spacial score (nSPS) is 11.7. The Morgan fingerprint density at radius 1 is 1.00 bits per heavy atom. The highest BCUT2D eigenvalue weighted by molar-refractivity contribution is 6.10. The van der Waals surface area contributed by atoms with Crippen LogP contribution < -0.4 is 0 Å². The number of fused-ring (bicyclic) bond motifs is 3. The van der Waals surface area contributed by atoms with Crippen LogP contribution in [0.25, 0.3) is 21.8 Å². The molecule has 3 nitrogen and oxygen atoms in total. The van der Waals surface area contributed by atoms with Gasteiger partial charge in [0.15, 0.2) is 0 Å². The molecule has 3 N–H and O–H groups in total. The number of benzene rings is 2. The second-order valence-electron chi connectivity index (χ2n) is 4.94. The molecule has 3 aromatic rings. The van der Waals surface area contributed by atoms with Crippen molar-refractivity contribution in [1.29, 1.82) is 0 Å². The maximum atomic E-state index is 9.88. The maximum absolute atomic E-state index is 9.88. The van der Waals surface area contributed by atoms with Crippen molar-refractivity contribution in [2.24, 2.45) is 0 Å². The van der Waals surface area contributed by atoms with E-state index in [9.17, 15) is 10.2 Å². The smallest absolute Gasteiger partial charge is 0.139 e. The van der Waals surface area contributed by atoms with E-state index in [4.69, 9.17) is 0 Å². The lowest BCUT2D eigenvalue weighted by Crippen LogP contribution is -1.88. The van der Waals surface area contributed by atoms with Crippen molar-refractivity contribution >= 4 is 21.8 Å². The number of aromatic hydroxyl groups is 2. The molecule has 0 saturated carbocycles. The van der Waals surface area contributed by atoms with Crippen molar-refractivity contribution in [3.05, 3.63) is 35.9 Å². The van der Waals surface area contributed by atoms with Crippen molar-refractivity contribution in [2.45, 2.75) is 19.8 Å². The highest BCUT2D eigenvalue weighted by Gasteiger charge is 2.13. The van der Waals surface area contributed by atoms with E-state index in [1.807, 2.05) is 12.1 Å². The summed E-state index contributed by atoms with van der Waals surface area (Å²) in [7, 11) is 0. The van der Waals surface area contributed by atoms with Crippen LogP contribution in [0.4, 0.5) is 0 Å². The van der Waals surface area contributed by atoms with Gasteiger partial charge in [-0.05, 0) is 29.7 Å². The molecule has 0 spiro atoms. The molecule has 1 heterocycles. The second-order valence-corrected chi connectivity index (χ2v) is 4.94. The monoisotopic (exact) mass is 241 g/mol. The average molecular weight is 241 g/mol. The topological polar surface area (TPSA) is 56.2 Å². The summed E-state index contributed by atoms with van der Waals surface area (Å²) in [5, 5.41) is 21.6. The van der Waals surface area contributed by atoms with Gasteiger partial charge in [-0.2, -0.15) is 0 Å². The number of aromatic amines is 1. The van der Waals surface area contributed by atoms with Gasteiger partial charge in [-0.3, -0.25) is 0 Å². The van der Waals surface area contributed by atoms with Gasteiger partial charge in [0.25, 0.3) is 0 Å². The van der Waals surface area contributed by atoms with Crippen LogP contribution in [0.5, 0.6) is 11.5 Å². The third-order valence-corrected chi connectivity index (χ3v) is 3.36. The van der Waals surface area contributed by atoms with Gasteiger partial charge in [-0.25, -0.2) is 0 Å². The quantitative estimate of drug-likeness (QED) is 0.606. The summed E-state index contributed by atoms with van der Waals surface area (Å²) in [6.07, 6.45) is 0. The molecule has 0 bridgehead atoms. The summed E-state index contributed by atoms with van der Waals surface area (Å²) in [5.41, 5.74) is 2.76. The first kappa shape index (κ1) is 11.0. The van der Waals surface area contributed by atoms with Gasteiger partial charge < -0.3 is 15.2 Å². The standard InChI is InChI=1S/C15H15NO2/c1-8(2)11-6-9(17)7-12-10-4-3-5-13(18)15(10)16-14(11)12/h3-8,16-18H,1-2H3. The first-order valence-electron chi connectivity index (χ1n) is 6.04. The van der Waals surface area contributed by atoms with Crippen molar-refractivity contribution in [1.82, 2.24) is 4.98 Å². The fourth-order valence-electron chi connectivity index (χ4n) is 2.48. The zero-order chi connectivity index (χ0) is 12.9. The van der Waals surface area contributed by atoms with Gasteiger partial charge in [-0.15, -0.1) is 0 Å². The van der Waals surface area contributed by atoms with E-state index in [1.165, 1.54) is 0 Å². The molecule has 0 aliphatic rings. The molecule has 0 fully saturated rings. The Hall–Kier alpha value is -2.16. The van der Waals surface area contributed by atoms with Crippen LogP contribution >= 0.6 is 0 Å². The fraction of sp³-hybridized carbons (Fsp3) is 0.200. The van der Waals surface area contributed by atoms with Crippen LogP contribution in [0.2, 0.25) is 0 Å². The Morgan fingerprint density at radius 2 is 1.78 bits per heavy atom. The Bertz CT molecular complexity index is 741. The molecular weight excluding hydrogens is 226 g/mol. The van der Waals surface area contributed by atoms with E-state index >= 15 is 0 Å². The minimum atomic E-state index is 0.234. The molecule has 1 aromatic heterocycles. The molecule has 0 unspecified atom stereocenters. The molecule has 0 atom stereocenters. The summed E-state index contributed by atoms with van der Waals surface area (Å²) in [4.78, 5) is 3.26. The lowest BCUT2D eigenvalue weighted by molar-refractivity contribution is 0.475. The zero-order valence-corrected chi connectivity index (χ0v) is 10.4. The van der Waals surface area contributed by atoms with Gasteiger partial charge in [0, 0.05) is 10.8 Å². The van der Waals surface area contributed by atoms with Crippen LogP contribution in [0, 0.1) is 0 Å². The van der Waals surface area contributed by atoms with Crippen LogP contribution in [0.15, 0.2) is 30.3 Å². The molecule has 3 rings (SSSR count). The maximum Gasteiger partial charge on any atom is 0.139 e. The third kappa shape index (κ3) is 1.44. The molecule has 3 heteroatoms. The summed E-state index contributed by atoms with van der Waals surface area (Å²) in [6.45, 7) is 4.17. The summed E-state index contributed by atoms with van der Waals surface area (Å²) >= 11 is 0. The lowest BCUT2D eigenvalue weighted by atomic mass is 9.99. The van der Waals surface area contributed by atoms with E-state index in [2.05, 4.69) is 18.8 Å². The summed E-state index contributed by atoms with van der Waals surface area (Å²) in [6, 6.07) is 8.92. The van der Waals surface area contributed by atoms with Gasteiger partial charge in [0.2, 0.25) is 0 Å². The number of hydrogen-bond donors (Lipinski definition) is 3. The highest BCUT2D eigenvalue weighted by atomic mass is 16.3. The number of para-hydroxylation sites is 1. The molecule has 0 aliphatic heterocycles. The van der Waals surface area contributed by atoms with Gasteiger partial charge >= 0.3 is 0 Å². The fourth-order valence-corrected chi connectivity index (χ4v) is 2.48. The van der Waals surface area contributed by atoms with Gasteiger partial charge in [0.05, 0.1) is 11.0 Å². The van der Waals surface area contributed by atoms with E-state index in [1.54, 1.807) is 18.2 Å². The van der Waals surface area contributed by atoms with Crippen LogP contribution in [0.1, 0.15) is 25.3 Å². The second kappa shape index (κ2) is 3.67. The predicted octanol–water partition coefficient (Wildman–Crippen LogP) is 3.86. The summed E-state index contributed by atoms with van der Waals surface area (Å²) in [5.74, 6) is 0.795. The van der Waals surface area contributed by atoms with Crippen LogP contribution in [-0.4, -0.2) is 15.2 Å². The largest absolute Gasteiger partial charge is 0.508 e. The first-order chi connectivity index (χ1) is 8.58. The third-order valence-electron chi connectivity index (χ3n) is 3.36. The van der Waals surface area contributed by atoms with Crippen molar-refractivity contribution < 1.29 is 10.2 Å². The Balaban J connectivity index is 2.53. The Kier molecular flexibility index (Phi) is 2.23. The van der Waals surface area contributed by atoms with Crippen molar-refractivity contribution in [2.75, 3.05) is 0 Å². The number of rotatable bonds is 1. The molecule has 0 saturated heterocycles. The van der Waals surface area contributed by atoms with Crippen molar-refractivity contribution in [3.63, 3.8) is 0 Å².